The molecule has 0 nitrogen and oxygen atoms in total. The van der Waals surface area contributed by atoms with Crippen molar-refractivity contribution in [3.05, 3.63) is 0 Å². The molecule has 0 saturated carbocycles. The average molecular weight is 232 g/mol. The van der Waals surface area contributed by atoms with Crippen LogP contribution in [0.4, 0.5) is 0 Å². The Kier molecular flexibility index (Phi) is 38.0. The summed E-state index contributed by atoms with van der Waals surface area (Å²) in [5.74, 6) is 2.60. The van der Waals surface area contributed by atoms with Crippen LogP contribution in [0.3, 0.4) is 0 Å². The van der Waals surface area contributed by atoms with Crippen molar-refractivity contribution in [2.45, 2.75) is 89.0 Å². The minimum atomic E-state index is 0.833. The fourth-order valence-corrected chi connectivity index (χ4v) is 0. The van der Waals surface area contributed by atoms with Crippen LogP contribution in [-0.4, -0.2) is 0 Å². The smallest absolute Gasteiger partial charge is 0.0474 e. The van der Waals surface area contributed by atoms with Gasteiger partial charge in [0, 0.05) is 0 Å². The van der Waals surface area contributed by atoms with E-state index in [1.54, 1.807) is 0 Å². The molecule has 0 amide bonds. The molecule has 0 aromatic carbocycles. The van der Waals surface area contributed by atoms with Gasteiger partial charge in [0.05, 0.1) is 0 Å². The molecule has 0 aliphatic rings. The van der Waals surface area contributed by atoms with Gasteiger partial charge in [0.2, 0.25) is 0 Å². The maximum atomic E-state index is 2.22. The molecule has 0 fully saturated rings. The monoisotopic (exact) mass is 232 g/mol. The van der Waals surface area contributed by atoms with E-state index in [0.717, 1.165) is 17.8 Å². The van der Waals surface area contributed by atoms with Crippen molar-refractivity contribution in [3.8, 4) is 0 Å². The molecular weight excluding hydrogens is 192 g/mol. The normalized spacial score (nSPS) is 8.62. The van der Waals surface area contributed by atoms with E-state index >= 15 is 0 Å². The van der Waals surface area contributed by atoms with Gasteiger partial charge in [-0.05, 0) is 17.8 Å². The molecular formula is C16H40. The molecule has 0 heterocycles. The van der Waals surface area contributed by atoms with Gasteiger partial charge in [-0.3, -0.25) is 0 Å². The van der Waals surface area contributed by atoms with Crippen LogP contribution in [0, 0.1) is 17.8 Å². The second-order valence-electron chi connectivity index (χ2n) is 5.34. The molecule has 16 heavy (non-hydrogen) atoms. The molecule has 0 aromatic rings. The molecule has 0 heteroatoms. The quantitative estimate of drug-likeness (QED) is 0.491. The van der Waals surface area contributed by atoms with Crippen LogP contribution in [0.5, 0.6) is 0 Å². The van der Waals surface area contributed by atoms with Crippen LogP contribution in [-0.2, 0) is 0 Å². The number of hydrogen-bond donors (Lipinski definition) is 0. The minimum absolute atomic E-state index is 0.833. The third kappa shape index (κ3) is 148. The summed E-state index contributed by atoms with van der Waals surface area (Å²) in [6.07, 6.45) is 2.61. The van der Waals surface area contributed by atoms with Crippen LogP contribution >= 0.6 is 0 Å². The highest BCUT2D eigenvalue weighted by Gasteiger charge is 1.80. The fourth-order valence-electron chi connectivity index (χ4n) is 0. The molecule has 0 unspecified atom stereocenters. The van der Waals surface area contributed by atoms with E-state index in [0.29, 0.717) is 0 Å². The predicted octanol–water partition coefficient (Wildman–Crippen LogP) is 6.79. The van der Waals surface area contributed by atoms with Gasteiger partial charge in [0.25, 0.3) is 0 Å². The summed E-state index contributed by atoms with van der Waals surface area (Å²) in [4.78, 5) is 0. The molecule has 0 aliphatic carbocycles. The Morgan fingerprint density at radius 3 is 0.625 bits per heavy atom. The van der Waals surface area contributed by atoms with Gasteiger partial charge in [0.15, 0.2) is 0 Å². The molecule has 0 saturated heterocycles. The molecule has 0 rings (SSSR count). The van der Waals surface area contributed by atoms with Crippen molar-refractivity contribution in [3.63, 3.8) is 0 Å². The first-order valence-corrected chi connectivity index (χ1v) is 7.27. The van der Waals surface area contributed by atoms with E-state index in [2.05, 4.69) is 62.3 Å². The van der Waals surface area contributed by atoms with Crippen molar-refractivity contribution >= 4 is 0 Å². The van der Waals surface area contributed by atoms with E-state index in [9.17, 15) is 0 Å². The summed E-state index contributed by atoms with van der Waals surface area (Å²) in [7, 11) is 0. The Hall–Kier alpha value is 0. The number of hydrogen-bond acceptors (Lipinski definition) is 0. The fraction of sp³-hybridized carbons (Fsp3) is 1.00. The van der Waals surface area contributed by atoms with Crippen molar-refractivity contribution in [1.29, 1.82) is 0 Å². The van der Waals surface area contributed by atoms with Crippen molar-refractivity contribution < 1.29 is 0 Å². The molecule has 104 valence electrons. The summed E-state index contributed by atoms with van der Waals surface area (Å²) in [5, 5.41) is 0. The zero-order valence-corrected chi connectivity index (χ0v) is 14.1. The first-order chi connectivity index (χ1) is 7.27. The second-order valence-corrected chi connectivity index (χ2v) is 5.34. The van der Waals surface area contributed by atoms with Gasteiger partial charge in [0.1, 0.15) is 0 Å². The summed E-state index contributed by atoms with van der Waals surface area (Å²) >= 11 is 0. The highest BCUT2D eigenvalue weighted by atomic mass is 13.9. The Balaban J connectivity index is -0.0000000629. The maximum Gasteiger partial charge on any atom is -0.0474 e. The molecule has 0 aliphatic heterocycles. The van der Waals surface area contributed by atoms with Gasteiger partial charge in [-0.15, -0.1) is 0 Å². The predicted molar refractivity (Wildman–Crippen MR) is 82.1 cm³/mol. The maximum absolute atomic E-state index is 2.22. The summed E-state index contributed by atoms with van der Waals surface area (Å²) in [6, 6.07) is 0. The summed E-state index contributed by atoms with van der Waals surface area (Å²) in [6.45, 7) is 23.8. The standard InChI is InChI=1S/2C5H12.C4H10.C2H6/c2*1-4-5(2)3;1-4(2)3;1-2/h2*5H,4H2,1-3H3;4H,1-3H3;1-2H3. The summed E-state index contributed by atoms with van der Waals surface area (Å²) < 4.78 is 0. The first-order valence-electron chi connectivity index (χ1n) is 7.27. The highest BCUT2D eigenvalue weighted by molar-refractivity contribution is 4.33. The first kappa shape index (κ1) is 25.0. The second kappa shape index (κ2) is 24.3. The SMILES string of the molecule is CC.CC(C)C.CCC(C)C.CCC(C)C. The van der Waals surface area contributed by atoms with E-state index in [1.165, 1.54) is 12.8 Å². The van der Waals surface area contributed by atoms with Gasteiger partial charge < -0.3 is 0 Å². The van der Waals surface area contributed by atoms with E-state index in [1.807, 2.05) is 13.8 Å². The van der Waals surface area contributed by atoms with Crippen LogP contribution in [0.1, 0.15) is 89.0 Å². The zero-order valence-electron chi connectivity index (χ0n) is 14.1. The molecule has 0 radical (unpaired) electrons. The van der Waals surface area contributed by atoms with Crippen molar-refractivity contribution in [2.24, 2.45) is 17.8 Å². The van der Waals surface area contributed by atoms with Gasteiger partial charge in [-0.2, -0.15) is 0 Å². The zero-order chi connectivity index (χ0) is 14.1. The average Bonchev–Trinajstić information content (AvgIpc) is 2.20. The highest BCUT2D eigenvalue weighted by Crippen LogP contribution is 1.94. The van der Waals surface area contributed by atoms with Crippen molar-refractivity contribution in [2.75, 3.05) is 0 Å². The minimum Gasteiger partial charge on any atom is -0.0683 e. The lowest BCUT2D eigenvalue weighted by molar-refractivity contribution is 0.626. The molecule has 0 aromatic heterocycles. The van der Waals surface area contributed by atoms with E-state index in [4.69, 9.17) is 0 Å². The van der Waals surface area contributed by atoms with Crippen LogP contribution in [0.15, 0.2) is 0 Å². The lowest BCUT2D eigenvalue weighted by atomic mass is 10.2. The number of rotatable bonds is 2. The molecule has 0 atom stereocenters. The van der Waals surface area contributed by atoms with Crippen LogP contribution in [0.25, 0.3) is 0 Å². The van der Waals surface area contributed by atoms with E-state index < -0.39 is 0 Å². The van der Waals surface area contributed by atoms with Gasteiger partial charge >= 0.3 is 0 Å². The lowest BCUT2D eigenvalue weighted by Crippen LogP contribution is -1.77. The van der Waals surface area contributed by atoms with Gasteiger partial charge in [-0.25, -0.2) is 0 Å². The van der Waals surface area contributed by atoms with Gasteiger partial charge in [-0.1, -0.05) is 89.0 Å². The molecule has 0 bridgehead atoms. The molecule has 0 N–H and O–H groups in total. The Bertz CT molecular complexity index is 59.4. The van der Waals surface area contributed by atoms with E-state index in [-0.39, 0.29) is 0 Å². The van der Waals surface area contributed by atoms with Crippen LogP contribution < -0.4 is 0 Å². The Morgan fingerprint density at radius 1 is 0.562 bits per heavy atom. The Morgan fingerprint density at radius 2 is 0.625 bits per heavy atom. The largest absolute Gasteiger partial charge is 0.0683 e. The topological polar surface area (TPSA) is 0 Å². The van der Waals surface area contributed by atoms with Crippen molar-refractivity contribution in [1.82, 2.24) is 0 Å². The third-order valence-electron chi connectivity index (χ3n) is 1.63. The third-order valence-corrected chi connectivity index (χ3v) is 1.63. The Labute approximate surface area is 107 Å². The van der Waals surface area contributed by atoms with Crippen LogP contribution in [0.2, 0.25) is 0 Å². The summed E-state index contributed by atoms with van der Waals surface area (Å²) in [5.41, 5.74) is 0. The molecule has 0 spiro atoms. The lowest BCUT2D eigenvalue weighted by Gasteiger charge is -1.90.